The third-order valence-corrected chi connectivity index (χ3v) is 8.57. The number of benzene rings is 2. The van der Waals surface area contributed by atoms with E-state index in [9.17, 15) is 18.3 Å². The van der Waals surface area contributed by atoms with Crippen LogP contribution in [0.1, 0.15) is 58.4 Å². The summed E-state index contributed by atoms with van der Waals surface area (Å²) in [6.07, 6.45) is 4.39. The Morgan fingerprint density at radius 3 is 2.38 bits per heavy atom. The van der Waals surface area contributed by atoms with Crippen LogP contribution in [-0.2, 0) is 25.7 Å². The highest BCUT2D eigenvalue weighted by molar-refractivity contribution is 7.92. The molecule has 1 saturated carbocycles. The fraction of sp³-hybridized carbons (Fsp3) is 0.483. The van der Waals surface area contributed by atoms with Gasteiger partial charge in [-0.15, -0.1) is 0 Å². The largest absolute Gasteiger partial charge is 0.444 e. The molecule has 3 aromatic rings. The van der Waals surface area contributed by atoms with Crippen molar-refractivity contribution >= 4 is 27.0 Å². The number of rotatable bonds is 10. The fourth-order valence-electron chi connectivity index (χ4n) is 4.74. The van der Waals surface area contributed by atoms with Crippen LogP contribution in [-0.4, -0.2) is 58.9 Å². The van der Waals surface area contributed by atoms with Crippen molar-refractivity contribution in [2.75, 3.05) is 0 Å². The average Bonchev–Trinajstić information content (AvgIpc) is 3.40. The van der Waals surface area contributed by atoms with Crippen LogP contribution < -0.4 is 5.32 Å². The molecule has 0 saturated heterocycles. The van der Waals surface area contributed by atoms with Gasteiger partial charge in [0.15, 0.2) is 5.44 Å². The number of aromatic nitrogens is 2. The van der Waals surface area contributed by atoms with Gasteiger partial charge in [-0.1, -0.05) is 43.2 Å². The Kier molecular flexibility index (Phi) is 9.19. The summed E-state index contributed by atoms with van der Waals surface area (Å²) in [6.45, 7) is 5.25. The molecule has 210 valence electrons. The summed E-state index contributed by atoms with van der Waals surface area (Å²) < 4.78 is 39.4. The Bertz CT molecular complexity index is 1350. The first-order chi connectivity index (χ1) is 18.5. The summed E-state index contributed by atoms with van der Waals surface area (Å²) in [5, 5.41) is 14.2. The SMILES string of the molecule is CC(C)(C)OC(=O)N[C@@H](Cc1ccccc1)[C@H](O)CC(OC1CCCC1)S(=O)(=O)c1ccc2nccnc2c1. The van der Waals surface area contributed by atoms with Crippen LogP contribution >= 0.6 is 0 Å². The first-order valence-corrected chi connectivity index (χ1v) is 14.9. The van der Waals surface area contributed by atoms with E-state index in [1.54, 1.807) is 33.0 Å². The molecule has 4 rings (SSSR count). The van der Waals surface area contributed by atoms with E-state index in [4.69, 9.17) is 9.47 Å². The highest BCUT2D eigenvalue weighted by Gasteiger charge is 2.37. The monoisotopic (exact) mass is 555 g/mol. The zero-order valence-electron chi connectivity index (χ0n) is 22.6. The molecule has 0 spiro atoms. The number of amides is 1. The van der Waals surface area contributed by atoms with Crippen molar-refractivity contribution in [2.24, 2.45) is 0 Å². The number of nitrogens with one attached hydrogen (secondary N) is 1. The summed E-state index contributed by atoms with van der Waals surface area (Å²) in [5.74, 6) is 0. The van der Waals surface area contributed by atoms with E-state index in [-0.39, 0.29) is 23.8 Å². The van der Waals surface area contributed by atoms with Gasteiger partial charge in [-0.05, 0) is 63.8 Å². The smallest absolute Gasteiger partial charge is 0.407 e. The number of carbonyl (C=O) groups excluding carboxylic acids is 1. The van der Waals surface area contributed by atoms with Crippen LogP contribution in [0, 0.1) is 0 Å². The Morgan fingerprint density at radius 2 is 1.72 bits per heavy atom. The zero-order valence-corrected chi connectivity index (χ0v) is 23.4. The second kappa shape index (κ2) is 12.4. The van der Waals surface area contributed by atoms with Crippen LogP contribution in [0.5, 0.6) is 0 Å². The number of carbonyl (C=O) groups is 1. The van der Waals surface area contributed by atoms with Gasteiger partial charge in [0, 0.05) is 18.8 Å². The standard InChI is InChI=1S/C29H37N3O6S/c1-29(2,3)38-28(34)32-25(17-20-9-5-4-6-10-20)26(33)19-27(37-21-11-7-8-12-21)39(35,36)22-13-14-23-24(18-22)31-16-15-30-23/h4-6,9-10,13-16,18,21,25-27,33H,7-8,11-12,17,19H2,1-3H3,(H,32,34)/t25-,26+,27?/m0/s1. The molecular formula is C29H37N3O6S. The van der Waals surface area contributed by atoms with Crippen LogP contribution in [0.4, 0.5) is 4.79 Å². The van der Waals surface area contributed by atoms with Gasteiger partial charge >= 0.3 is 6.09 Å². The second-order valence-electron chi connectivity index (χ2n) is 11.0. The Labute approximate surface area is 229 Å². The van der Waals surface area contributed by atoms with Gasteiger partial charge in [-0.3, -0.25) is 9.97 Å². The van der Waals surface area contributed by atoms with Gasteiger partial charge in [0.25, 0.3) is 0 Å². The molecule has 1 fully saturated rings. The van der Waals surface area contributed by atoms with E-state index >= 15 is 0 Å². The molecular weight excluding hydrogens is 518 g/mol. The van der Waals surface area contributed by atoms with E-state index in [0.29, 0.717) is 11.0 Å². The van der Waals surface area contributed by atoms with Gasteiger partial charge < -0.3 is 19.9 Å². The molecule has 10 heteroatoms. The predicted octanol–water partition coefficient (Wildman–Crippen LogP) is 4.58. The highest BCUT2D eigenvalue weighted by Crippen LogP contribution is 2.30. The van der Waals surface area contributed by atoms with Crippen molar-refractivity contribution in [1.82, 2.24) is 15.3 Å². The normalized spacial score (nSPS) is 17.0. The molecule has 0 bridgehead atoms. The quantitative estimate of drug-likeness (QED) is 0.372. The molecule has 1 heterocycles. The molecule has 1 amide bonds. The predicted molar refractivity (Wildman–Crippen MR) is 148 cm³/mol. The summed E-state index contributed by atoms with van der Waals surface area (Å²) in [5.41, 5.74) is -0.144. The van der Waals surface area contributed by atoms with Crippen molar-refractivity contribution < 1.29 is 27.8 Å². The molecule has 2 aromatic carbocycles. The van der Waals surface area contributed by atoms with Crippen LogP contribution in [0.3, 0.4) is 0 Å². The van der Waals surface area contributed by atoms with E-state index < -0.39 is 39.1 Å². The lowest BCUT2D eigenvalue weighted by atomic mass is 9.99. The Balaban J connectivity index is 1.61. The molecule has 39 heavy (non-hydrogen) atoms. The van der Waals surface area contributed by atoms with Crippen molar-refractivity contribution in [3.8, 4) is 0 Å². The van der Waals surface area contributed by atoms with Gasteiger partial charge in [-0.2, -0.15) is 0 Å². The minimum Gasteiger partial charge on any atom is -0.444 e. The number of fused-ring (bicyclic) bond motifs is 1. The average molecular weight is 556 g/mol. The molecule has 9 nitrogen and oxygen atoms in total. The van der Waals surface area contributed by atoms with Crippen molar-refractivity contribution in [2.45, 2.75) is 93.5 Å². The van der Waals surface area contributed by atoms with Crippen LogP contribution in [0.25, 0.3) is 11.0 Å². The maximum atomic E-state index is 13.9. The maximum absolute atomic E-state index is 13.9. The molecule has 1 aliphatic carbocycles. The topological polar surface area (TPSA) is 128 Å². The first-order valence-electron chi connectivity index (χ1n) is 13.3. The van der Waals surface area contributed by atoms with E-state index in [0.717, 1.165) is 31.2 Å². The van der Waals surface area contributed by atoms with Crippen molar-refractivity contribution in [3.63, 3.8) is 0 Å². The summed E-state index contributed by atoms with van der Waals surface area (Å²) in [7, 11) is -4.03. The molecule has 0 aliphatic heterocycles. The van der Waals surface area contributed by atoms with Crippen molar-refractivity contribution in [3.05, 3.63) is 66.5 Å². The molecule has 1 aromatic heterocycles. The van der Waals surface area contributed by atoms with Gasteiger partial charge in [0.1, 0.15) is 5.60 Å². The molecule has 1 unspecified atom stereocenters. The number of hydrogen-bond acceptors (Lipinski definition) is 8. The zero-order chi connectivity index (χ0) is 28.0. The summed E-state index contributed by atoms with van der Waals surface area (Å²) >= 11 is 0. The minimum absolute atomic E-state index is 0.0467. The molecule has 2 N–H and O–H groups in total. The minimum atomic E-state index is -4.03. The molecule has 0 radical (unpaired) electrons. The van der Waals surface area contributed by atoms with E-state index in [1.807, 2.05) is 30.3 Å². The van der Waals surface area contributed by atoms with E-state index in [2.05, 4.69) is 15.3 Å². The first kappa shape index (κ1) is 28.9. The highest BCUT2D eigenvalue weighted by atomic mass is 32.2. The van der Waals surface area contributed by atoms with Gasteiger partial charge in [0.05, 0.1) is 34.2 Å². The van der Waals surface area contributed by atoms with Crippen molar-refractivity contribution in [1.29, 1.82) is 0 Å². The number of aliphatic hydroxyl groups is 1. The van der Waals surface area contributed by atoms with E-state index in [1.165, 1.54) is 18.3 Å². The lowest BCUT2D eigenvalue weighted by Crippen LogP contribution is -2.48. The third kappa shape index (κ3) is 7.97. The Morgan fingerprint density at radius 1 is 1.05 bits per heavy atom. The molecule has 1 aliphatic rings. The number of alkyl carbamates (subject to hydrolysis) is 1. The molecule has 3 atom stereocenters. The van der Waals surface area contributed by atoms with Crippen LogP contribution in [0.15, 0.2) is 65.8 Å². The number of nitrogens with zero attached hydrogens (tertiary/aromatic N) is 2. The number of aliphatic hydroxyl groups excluding tert-OH is 1. The van der Waals surface area contributed by atoms with Gasteiger partial charge in [0.2, 0.25) is 9.84 Å². The number of ether oxygens (including phenoxy) is 2. The van der Waals surface area contributed by atoms with Gasteiger partial charge in [-0.25, -0.2) is 13.2 Å². The lowest BCUT2D eigenvalue weighted by Gasteiger charge is -2.30. The van der Waals surface area contributed by atoms with Crippen LogP contribution in [0.2, 0.25) is 0 Å². The fourth-order valence-corrected chi connectivity index (χ4v) is 6.33. The maximum Gasteiger partial charge on any atom is 0.407 e. The Hall–Kier alpha value is -3.08. The lowest BCUT2D eigenvalue weighted by molar-refractivity contribution is -0.00256. The second-order valence-corrected chi connectivity index (χ2v) is 13.1. The third-order valence-electron chi connectivity index (χ3n) is 6.66. The summed E-state index contributed by atoms with van der Waals surface area (Å²) in [4.78, 5) is 21.2. The number of sulfone groups is 1. The number of hydrogen-bond donors (Lipinski definition) is 2. The summed E-state index contributed by atoms with van der Waals surface area (Å²) in [6, 6.07) is 13.2.